The van der Waals surface area contributed by atoms with Gasteiger partial charge in [0.15, 0.2) is 0 Å². The molecule has 29 heavy (non-hydrogen) atoms. The number of guanidine groups is 1. The van der Waals surface area contributed by atoms with Gasteiger partial charge in [0.25, 0.3) is 0 Å². The lowest BCUT2D eigenvalue weighted by atomic mass is 10.5. The van der Waals surface area contributed by atoms with E-state index in [2.05, 4.69) is 16.6 Å². The highest BCUT2D eigenvalue weighted by atomic mass is 16.5. The van der Waals surface area contributed by atoms with Crippen LogP contribution in [0, 0.1) is 0 Å². The van der Waals surface area contributed by atoms with Crippen LogP contribution in [-0.2, 0) is 28.4 Å². The molecule has 0 saturated carbocycles. The second kappa shape index (κ2) is 17.1. The first-order valence-corrected chi connectivity index (χ1v) is 8.73. The van der Waals surface area contributed by atoms with Gasteiger partial charge >= 0.3 is 0 Å². The molecular formula is C17H36N6O6. The molecule has 0 rings (SSSR count). The fourth-order valence-electron chi connectivity index (χ4n) is 2.20. The lowest BCUT2D eigenvalue weighted by Crippen LogP contribution is -2.40. The molecule has 0 aromatic rings. The average Bonchev–Trinajstić information content (AvgIpc) is 2.67. The zero-order valence-corrected chi connectivity index (χ0v) is 18.4. The lowest BCUT2D eigenvalue weighted by Gasteiger charge is -2.26. The van der Waals surface area contributed by atoms with Gasteiger partial charge in [-0.25, -0.2) is 0 Å². The molecule has 0 heterocycles. The lowest BCUT2D eigenvalue weighted by molar-refractivity contribution is -0.00363. The maximum absolute atomic E-state index is 6.15. The highest BCUT2D eigenvalue weighted by Crippen LogP contribution is 2.07. The van der Waals surface area contributed by atoms with Crippen LogP contribution >= 0.6 is 0 Å². The summed E-state index contributed by atoms with van der Waals surface area (Å²) in [5.41, 5.74) is 6.15. The zero-order chi connectivity index (χ0) is 22.1. The monoisotopic (exact) mass is 420 g/mol. The third-order valence-electron chi connectivity index (χ3n) is 3.27. The highest BCUT2D eigenvalue weighted by molar-refractivity contribution is 5.96. The van der Waals surface area contributed by atoms with Gasteiger partial charge in [-0.3, -0.25) is 9.80 Å². The third kappa shape index (κ3) is 11.7. The first kappa shape index (κ1) is 27.2. The predicted molar refractivity (Wildman–Crippen MR) is 110 cm³/mol. The standard InChI is InChI=1S/C17H36N6O6/c1-15(22(11-26-4)12-27-5)19-17(23(13-28-6)14-29-7)20-16(18)8-21(9-24-2)10-25-3/h1,8-14H2,2-7H3,(H2,18,19,20). The second-order valence-corrected chi connectivity index (χ2v) is 5.85. The summed E-state index contributed by atoms with van der Waals surface area (Å²) in [4.78, 5) is 14.1. The smallest absolute Gasteiger partial charge is 0.232 e. The van der Waals surface area contributed by atoms with Gasteiger partial charge in [-0.2, -0.15) is 9.98 Å². The van der Waals surface area contributed by atoms with E-state index in [0.717, 1.165) is 0 Å². The van der Waals surface area contributed by atoms with Gasteiger partial charge in [-0.1, -0.05) is 6.58 Å². The van der Waals surface area contributed by atoms with Crippen LogP contribution in [0.2, 0.25) is 0 Å². The van der Waals surface area contributed by atoms with Crippen LogP contribution in [0.4, 0.5) is 0 Å². The van der Waals surface area contributed by atoms with Crippen molar-refractivity contribution in [3.63, 3.8) is 0 Å². The molecule has 0 amide bonds. The Labute approximate surface area is 173 Å². The van der Waals surface area contributed by atoms with E-state index in [9.17, 15) is 0 Å². The van der Waals surface area contributed by atoms with Crippen molar-refractivity contribution in [1.29, 1.82) is 0 Å². The van der Waals surface area contributed by atoms with E-state index in [-0.39, 0.29) is 32.9 Å². The van der Waals surface area contributed by atoms with E-state index >= 15 is 0 Å². The van der Waals surface area contributed by atoms with Crippen LogP contribution in [0.15, 0.2) is 22.4 Å². The Balaban J connectivity index is 5.73. The molecule has 0 spiro atoms. The van der Waals surface area contributed by atoms with Crippen LogP contribution in [0.5, 0.6) is 0 Å². The van der Waals surface area contributed by atoms with Crippen molar-refractivity contribution >= 4 is 11.8 Å². The van der Waals surface area contributed by atoms with Gasteiger partial charge < -0.3 is 39.1 Å². The van der Waals surface area contributed by atoms with Crippen LogP contribution < -0.4 is 5.73 Å². The fourth-order valence-corrected chi connectivity index (χ4v) is 2.20. The van der Waals surface area contributed by atoms with E-state index in [4.69, 9.17) is 34.2 Å². The van der Waals surface area contributed by atoms with E-state index in [1.54, 1.807) is 52.5 Å². The van der Waals surface area contributed by atoms with Crippen molar-refractivity contribution in [2.75, 3.05) is 89.6 Å². The molecular weight excluding hydrogens is 384 g/mol. The minimum Gasteiger partial charge on any atom is -0.386 e. The van der Waals surface area contributed by atoms with E-state index in [1.807, 2.05) is 4.90 Å². The Kier molecular flexibility index (Phi) is 16.0. The van der Waals surface area contributed by atoms with Crippen LogP contribution in [-0.4, -0.2) is 116 Å². The number of amidine groups is 1. The van der Waals surface area contributed by atoms with Gasteiger partial charge in [-0.15, -0.1) is 0 Å². The number of rotatable bonds is 16. The van der Waals surface area contributed by atoms with Crippen molar-refractivity contribution < 1.29 is 28.4 Å². The van der Waals surface area contributed by atoms with Crippen LogP contribution in [0.1, 0.15) is 0 Å². The Bertz CT molecular complexity index is 487. The van der Waals surface area contributed by atoms with Crippen LogP contribution in [0.3, 0.4) is 0 Å². The Hall–Kier alpha value is -1.80. The minimum atomic E-state index is 0.186. The van der Waals surface area contributed by atoms with Gasteiger partial charge in [0, 0.05) is 42.7 Å². The molecule has 0 fully saturated rings. The number of aliphatic imine (C=N–C) groups is 2. The Morgan fingerprint density at radius 2 is 1.10 bits per heavy atom. The van der Waals surface area contributed by atoms with Crippen molar-refractivity contribution in [1.82, 2.24) is 14.7 Å². The predicted octanol–water partition coefficient (Wildman–Crippen LogP) is -0.300. The molecule has 0 aliphatic heterocycles. The zero-order valence-electron chi connectivity index (χ0n) is 18.4. The summed E-state index contributed by atoms with van der Waals surface area (Å²) in [6.07, 6.45) is 0. The number of nitrogens with two attached hydrogens (primary N) is 1. The summed E-state index contributed by atoms with van der Waals surface area (Å²) in [6, 6.07) is 0. The summed E-state index contributed by atoms with van der Waals surface area (Å²) in [7, 11) is 9.43. The van der Waals surface area contributed by atoms with Crippen molar-refractivity contribution in [2.45, 2.75) is 0 Å². The molecule has 0 unspecified atom stereocenters. The first-order chi connectivity index (χ1) is 14.0. The molecule has 0 aromatic heterocycles. The molecule has 12 heteroatoms. The fraction of sp³-hybridized carbons (Fsp3) is 0.765. The quantitative estimate of drug-likeness (QED) is 0.203. The first-order valence-electron chi connectivity index (χ1n) is 8.73. The third-order valence-corrected chi connectivity index (χ3v) is 3.27. The molecule has 0 bridgehead atoms. The number of methoxy groups -OCH3 is 6. The van der Waals surface area contributed by atoms with E-state index in [0.29, 0.717) is 31.7 Å². The number of hydrogen-bond acceptors (Lipinski definition) is 9. The summed E-state index contributed by atoms with van der Waals surface area (Å²) < 4.78 is 31.1. The van der Waals surface area contributed by atoms with Crippen molar-refractivity contribution in [3.05, 3.63) is 12.4 Å². The molecule has 170 valence electrons. The molecule has 2 N–H and O–H groups in total. The molecule has 0 aliphatic carbocycles. The average molecular weight is 421 g/mol. The molecule has 0 saturated heterocycles. The van der Waals surface area contributed by atoms with Gasteiger partial charge in [0.05, 0.1) is 6.54 Å². The minimum absolute atomic E-state index is 0.186. The molecule has 0 radical (unpaired) electrons. The summed E-state index contributed by atoms with van der Waals surface area (Å²) in [6.45, 7) is 5.80. The number of ether oxygens (including phenoxy) is 6. The second-order valence-electron chi connectivity index (χ2n) is 5.85. The highest BCUT2D eigenvalue weighted by Gasteiger charge is 2.15. The summed E-state index contributed by atoms with van der Waals surface area (Å²) in [5, 5.41) is 0. The Morgan fingerprint density at radius 1 is 0.690 bits per heavy atom. The van der Waals surface area contributed by atoms with Gasteiger partial charge in [0.1, 0.15) is 52.0 Å². The summed E-state index contributed by atoms with van der Waals surface area (Å²) in [5.74, 6) is 0.944. The van der Waals surface area contributed by atoms with Crippen molar-refractivity contribution in [3.8, 4) is 0 Å². The molecule has 0 atom stereocenters. The normalized spacial score (nSPS) is 12.5. The van der Waals surface area contributed by atoms with Crippen LogP contribution in [0.25, 0.3) is 0 Å². The SMILES string of the molecule is C=C(N=C(N=C(N)CN(COC)COC)N(COC)COC)N(COC)COC. The summed E-state index contributed by atoms with van der Waals surface area (Å²) >= 11 is 0. The topological polar surface area (TPSA) is 116 Å². The largest absolute Gasteiger partial charge is 0.386 e. The maximum atomic E-state index is 6.15. The maximum Gasteiger partial charge on any atom is 0.232 e. The van der Waals surface area contributed by atoms with Gasteiger partial charge in [-0.05, 0) is 0 Å². The van der Waals surface area contributed by atoms with Crippen molar-refractivity contribution in [2.24, 2.45) is 15.7 Å². The number of nitrogens with zero attached hydrogens (tertiary/aromatic N) is 5. The Morgan fingerprint density at radius 3 is 1.52 bits per heavy atom. The molecule has 0 aliphatic rings. The van der Waals surface area contributed by atoms with Gasteiger partial charge in [0.2, 0.25) is 5.96 Å². The molecule has 0 aromatic carbocycles. The van der Waals surface area contributed by atoms with E-state index < -0.39 is 0 Å². The van der Waals surface area contributed by atoms with E-state index in [1.165, 1.54) is 0 Å². The molecule has 12 nitrogen and oxygen atoms in total. The number of hydrogen-bond donors (Lipinski definition) is 1.